The van der Waals surface area contributed by atoms with E-state index in [4.69, 9.17) is 9.15 Å². The molecule has 1 heterocycles. The van der Waals surface area contributed by atoms with Gasteiger partial charge in [-0.1, -0.05) is 0 Å². The van der Waals surface area contributed by atoms with Crippen molar-refractivity contribution in [2.75, 3.05) is 7.11 Å². The first-order valence-corrected chi connectivity index (χ1v) is 5.32. The van der Waals surface area contributed by atoms with Crippen LogP contribution in [0.2, 0.25) is 0 Å². The Morgan fingerprint density at radius 1 is 1.22 bits per heavy atom. The van der Waals surface area contributed by atoms with Crippen molar-refractivity contribution in [3.05, 3.63) is 48.2 Å². The number of carboxylic acids is 1. The third kappa shape index (κ3) is 2.79. The Kier molecular flexibility index (Phi) is 3.48. The monoisotopic (exact) mass is 243 g/mol. The third-order valence-corrected chi connectivity index (χ3v) is 2.39. The van der Waals surface area contributed by atoms with Crippen LogP contribution >= 0.6 is 0 Å². The van der Waals surface area contributed by atoms with Gasteiger partial charge in [-0.15, -0.1) is 0 Å². The number of carbonyl (C=O) groups excluding carboxylic acids is 1. The molecule has 0 spiro atoms. The Labute approximate surface area is 104 Å². The highest BCUT2D eigenvalue weighted by Gasteiger charge is 2.03. The van der Waals surface area contributed by atoms with Gasteiger partial charge in [0.15, 0.2) is 0 Å². The van der Waals surface area contributed by atoms with E-state index in [0.717, 1.165) is 17.4 Å². The lowest BCUT2D eigenvalue weighted by molar-refractivity contribution is -0.297. The Morgan fingerprint density at radius 3 is 2.56 bits per heavy atom. The molecule has 18 heavy (non-hydrogen) atoms. The summed E-state index contributed by atoms with van der Waals surface area (Å²) in [5.41, 5.74) is 0.893. The van der Waals surface area contributed by atoms with E-state index in [1.54, 1.807) is 19.2 Å². The van der Waals surface area contributed by atoms with Crippen LogP contribution in [0.15, 0.2) is 46.9 Å². The van der Waals surface area contributed by atoms with Crippen molar-refractivity contribution in [1.29, 1.82) is 0 Å². The fourth-order valence-corrected chi connectivity index (χ4v) is 1.50. The van der Waals surface area contributed by atoms with Crippen LogP contribution in [-0.2, 0) is 4.79 Å². The summed E-state index contributed by atoms with van der Waals surface area (Å²) >= 11 is 0. The van der Waals surface area contributed by atoms with Crippen LogP contribution in [0.4, 0.5) is 0 Å². The zero-order valence-corrected chi connectivity index (χ0v) is 9.75. The van der Waals surface area contributed by atoms with Gasteiger partial charge >= 0.3 is 0 Å². The first-order valence-electron chi connectivity index (χ1n) is 5.32. The molecule has 0 aliphatic heterocycles. The Morgan fingerprint density at radius 2 is 1.94 bits per heavy atom. The molecule has 4 nitrogen and oxygen atoms in total. The molecule has 2 rings (SSSR count). The van der Waals surface area contributed by atoms with Crippen LogP contribution in [0.5, 0.6) is 5.75 Å². The van der Waals surface area contributed by atoms with Gasteiger partial charge < -0.3 is 19.1 Å². The fraction of sp³-hybridized carbons (Fsp3) is 0.0714. The molecule has 0 radical (unpaired) electrons. The fourth-order valence-electron chi connectivity index (χ4n) is 1.50. The third-order valence-electron chi connectivity index (χ3n) is 2.39. The molecule has 0 aliphatic rings. The van der Waals surface area contributed by atoms with Crippen molar-refractivity contribution in [1.82, 2.24) is 0 Å². The van der Waals surface area contributed by atoms with Crippen molar-refractivity contribution in [3.63, 3.8) is 0 Å². The maximum atomic E-state index is 10.3. The second-order valence-corrected chi connectivity index (χ2v) is 3.58. The summed E-state index contributed by atoms with van der Waals surface area (Å²) in [6.45, 7) is 0. The summed E-state index contributed by atoms with van der Waals surface area (Å²) < 4.78 is 10.5. The summed E-state index contributed by atoms with van der Waals surface area (Å²) in [6.07, 6.45) is 2.28. The summed E-state index contributed by atoms with van der Waals surface area (Å²) in [5, 5.41) is 10.3. The number of aliphatic carboxylic acids is 1. The lowest BCUT2D eigenvalue weighted by Crippen LogP contribution is -2.18. The maximum Gasteiger partial charge on any atom is 0.134 e. The Balaban J connectivity index is 2.20. The first kappa shape index (κ1) is 12.0. The highest BCUT2D eigenvalue weighted by molar-refractivity contribution is 5.83. The molecule has 0 amide bonds. The van der Waals surface area contributed by atoms with E-state index in [2.05, 4.69) is 0 Å². The van der Waals surface area contributed by atoms with Crippen LogP contribution in [0.3, 0.4) is 0 Å². The van der Waals surface area contributed by atoms with Gasteiger partial charge in [-0.2, -0.15) is 0 Å². The van der Waals surface area contributed by atoms with Crippen molar-refractivity contribution in [3.8, 4) is 17.1 Å². The van der Waals surface area contributed by atoms with E-state index >= 15 is 0 Å². The van der Waals surface area contributed by atoms with E-state index < -0.39 is 5.97 Å². The number of carbonyl (C=O) groups is 1. The zero-order chi connectivity index (χ0) is 13.0. The number of rotatable bonds is 4. The molecule has 0 aliphatic carbocycles. The highest BCUT2D eigenvalue weighted by atomic mass is 16.5. The van der Waals surface area contributed by atoms with Gasteiger partial charge in [0, 0.05) is 5.56 Å². The van der Waals surface area contributed by atoms with Gasteiger partial charge in [0.05, 0.1) is 13.1 Å². The molecule has 0 saturated carbocycles. The Hall–Kier alpha value is -2.49. The molecule has 0 atom stereocenters. The van der Waals surface area contributed by atoms with Crippen LogP contribution in [0, 0.1) is 0 Å². The smallest absolute Gasteiger partial charge is 0.134 e. The van der Waals surface area contributed by atoms with E-state index in [0.29, 0.717) is 11.5 Å². The molecule has 92 valence electrons. The van der Waals surface area contributed by atoms with Crippen LogP contribution in [-0.4, -0.2) is 13.1 Å². The van der Waals surface area contributed by atoms with Crippen molar-refractivity contribution < 1.29 is 19.1 Å². The molecule has 0 unspecified atom stereocenters. The number of methoxy groups -OCH3 is 1. The number of benzene rings is 1. The van der Waals surface area contributed by atoms with Gasteiger partial charge in [-0.25, -0.2) is 0 Å². The largest absolute Gasteiger partial charge is 0.545 e. The lowest BCUT2D eigenvalue weighted by Gasteiger charge is -2.00. The highest BCUT2D eigenvalue weighted by Crippen LogP contribution is 2.24. The molecule has 1 aromatic carbocycles. The van der Waals surface area contributed by atoms with Crippen molar-refractivity contribution >= 4 is 12.0 Å². The van der Waals surface area contributed by atoms with Gasteiger partial charge in [-0.05, 0) is 48.6 Å². The van der Waals surface area contributed by atoms with Crippen molar-refractivity contribution in [2.24, 2.45) is 0 Å². The number of ether oxygens (including phenoxy) is 1. The zero-order valence-electron chi connectivity index (χ0n) is 9.75. The molecule has 2 aromatic rings. The molecule has 0 fully saturated rings. The topological polar surface area (TPSA) is 62.5 Å². The summed E-state index contributed by atoms with van der Waals surface area (Å²) in [4.78, 5) is 10.3. The number of hydrogen-bond donors (Lipinski definition) is 0. The predicted molar refractivity (Wildman–Crippen MR) is 64.7 cm³/mol. The minimum absolute atomic E-state index is 0.463. The SMILES string of the molecule is COc1ccc(-c2ccc(C=CC(=O)[O-])o2)cc1. The van der Waals surface area contributed by atoms with Gasteiger partial charge in [0.1, 0.15) is 17.3 Å². The summed E-state index contributed by atoms with van der Waals surface area (Å²) in [6, 6.07) is 10.9. The summed E-state index contributed by atoms with van der Waals surface area (Å²) in [7, 11) is 1.60. The van der Waals surface area contributed by atoms with Gasteiger partial charge in [0.25, 0.3) is 0 Å². The van der Waals surface area contributed by atoms with Gasteiger partial charge in [-0.3, -0.25) is 0 Å². The quantitative estimate of drug-likeness (QED) is 0.767. The predicted octanol–water partition coefficient (Wildman–Crippen LogP) is 1.72. The molecular formula is C14H11O4-. The minimum Gasteiger partial charge on any atom is -0.545 e. The number of hydrogen-bond acceptors (Lipinski definition) is 4. The maximum absolute atomic E-state index is 10.3. The average molecular weight is 243 g/mol. The van der Waals surface area contributed by atoms with E-state index in [9.17, 15) is 9.90 Å². The molecule has 0 N–H and O–H groups in total. The molecule has 0 bridgehead atoms. The Bertz CT molecular complexity index is 564. The second kappa shape index (κ2) is 5.23. The normalized spacial score (nSPS) is 10.7. The summed E-state index contributed by atoms with van der Waals surface area (Å²) in [5.74, 6) is 0.639. The number of furan rings is 1. The van der Waals surface area contributed by atoms with Crippen LogP contribution in [0.25, 0.3) is 17.4 Å². The molecule has 1 aromatic heterocycles. The van der Waals surface area contributed by atoms with Crippen molar-refractivity contribution in [2.45, 2.75) is 0 Å². The minimum atomic E-state index is -1.25. The van der Waals surface area contributed by atoms with E-state index in [1.807, 2.05) is 24.3 Å². The van der Waals surface area contributed by atoms with E-state index in [-0.39, 0.29) is 0 Å². The standard InChI is InChI=1S/C14H12O4/c1-17-11-4-2-10(3-5-11)13-8-6-12(18-13)7-9-14(15)16/h2-9H,1H3,(H,15,16)/p-1. The lowest BCUT2D eigenvalue weighted by atomic mass is 10.2. The molecule has 4 heteroatoms. The number of carboxylic acid groups (broad SMARTS) is 1. The first-order chi connectivity index (χ1) is 8.69. The molecule has 0 saturated heterocycles. The van der Waals surface area contributed by atoms with E-state index in [1.165, 1.54) is 6.08 Å². The van der Waals surface area contributed by atoms with Crippen LogP contribution in [0.1, 0.15) is 5.76 Å². The second-order valence-electron chi connectivity index (χ2n) is 3.58. The average Bonchev–Trinajstić information content (AvgIpc) is 2.85. The molecular weight excluding hydrogens is 232 g/mol. The van der Waals surface area contributed by atoms with Crippen LogP contribution < -0.4 is 9.84 Å². The van der Waals surface area contributed by atoms with Gasteiger partial charge in [0.2, 0.25) is 0 Å².